The standard InChI is InChI=1S/C16H15ClN4O2/c17-12-4-5-16(19-10-12)23-8-6-18-15(22)9-13-11-21-7-2-1-3-14(21)20-13/h1-5,7,10-11H,6,8-9H2,(H,18,22). The average Bonchev–Trinajstić information content (AvgIpc) is 2.95. The number of pyridine rings is 2. The Labute approximate surface area is 138 Å². The number of nitrogens with zero attached hydrogens (tertiary/aromatic N) is 3. The van der Waals surface area contributed by atoms with Crippen LogP contribution in [0.4, 0.5) is 0 Å². The molecule has 23 heavy (non-hydrogen) atoms. The molecule has 7 heteroatoms. The lowest BCUT2D eigenvalue weighted by molar-refractivity contribution is -0.120. The van der Waals surface area contributed by atoms with Crippen molar-refractivity contribution in [3.05, 3.63) is 59.6 Å². The van der Waals surface area contributed by atoms with Gasteiger partial charge in [0, 0.05) is 24.7 Å². The maximum absolute atomic E-state index is 11.9. The van der Waals surface area contributed by atoms with Gasteiger partial charge in [0.15, 0.2) is 0 Å². The smallest absolute Gasteiger partial charge is 0.226 e. The number of ether oxygens (including phenoxy) is 1. The molecule has 3 rings (SSSR count). The predicted molar refractivity (Wildman–Crippen MR) is 86.6 cm³/mol. The Balaban J connectivity index is 1.43. The van der Waals surface area contributed by atoms with Crippen LogP contribution in [0.25, 0.3) is 5.65 Å². The summed E-state index contributed by atoms with van der Waals surface area (Å²) in [5, 5.41) is 3.34. The fourth-order valence-corrected chi connectivity index (χ4v) is 2.20. The second-order valence-electron chi connectivity index (χ2n) is 4.89. The molecule has 3 aromatic rings. The van der Waals surface area contributed by atoms with E-state index in [4.69, 9.17) is 16.3 Å². The fraction of sp³-hybridized carbons (Fsp3) is 0.188. The molecule has 3 heterocycles. The van der Waals surface area contributed by atoms with Crippen LogP contribution >= 0.6 is 11.6 Å². The zero-order chi connectivity index (χ0) is 16.1. The minimum Gasteiger partial charge on any atom is -0.476 e. The molecule has 1 N–H and O–H groups in total. The maximum Gasteiger partial charge on any atom is 0.226 e. The van der Waals surface area contributed by atoms with Crippen LogP contribution in [-0.4, -0.2) is 33.4 Å². The molecule has 0 aliphatic carbocycles. The third kappa shape index (κ3) is 4.20. The van der Waals surface area contributed by atoms with E-state index in [-0.39, 0.29) is 12.3 Å². The Bertz CT molecular complexity index is 768. The van der Waals surface area contributed by atoms with Crippen LogP contribution in [0.2, 0.25) is 5.02 Å². The normalized spacial score (nSPS) is 10.7. The number of carbonyl (C=O) groups is 1. The summed E-state index contributed by atoms with van der Waals surface area (Å²) >= 11 is 5.74. The van der Waals surface area contributed by atoms with E-state index in [2.05, 4.69) is 15.3 Å². The molecular weight excluding hydrogens is 316 g/mol. The van der Waals surface area contributed by atoms with Crippen LogP contribution in [0.3, 0.4) is 0 Å². The molecule has 0 aromatic carbocycles. The number of amides is 1. The Morgan fingerprint density at radius 3 is 3.00 bits per heavy atom. The Morgan fingerprint density at radius 1 is 1.30 bits per heavy atom. The van der Waals surface area contributed by atoms with E-state index in [1.807, 2.05) is 35.0 Å². The van der Waals surface area contributed by atoms with E-state index in [1.54, 1.807) is 12.1 Å². The van der Waals surface area contributed by atoms with Gasteiger partial charge in [-0.1, -0.05) is 17.7 Å². The topological polar surface area (TPSA) is 68.5 Å². The largest absolute Gasteiger partial charge is 0.476 e. The molecule has 6 nitrogen and oxygen atoms in total. The molecule has 0 spiro atoms. The maximum atomic E-state index is 11.9. The third-order valence-electron chi connectivity index (χ3n) is 3.13. The van der Waals surface area contributed by atoms with Crippen LogP contribution in [0.5, 0.6) is 5.88 Å². The summed E-state index contributed by atoms with van der Waals surface area (Å²) in [6.07, 6.45) is 5.50. The second-order valence-corrected chi connectivity index (χ2v) is 5.32. The lowest BCUT2D eigenvalue weighted by atomic mass is 10.3. The Kier molecular flexibility index (Phi) is 4.73. The average molecular weight is 331 g/mol. The molecule has 0 saturated carbocycles. The molecule has 0 atom stereocenters. The highest BCUT2D eigenvalue weighted by molar-refractivity contribution is 6.30. The van der Waals surface area contributed by atoms with Crippen LogP contribution < -0.4 is 10.1 Å². The van der Waals surface area contributed by atoms with Gasteiger partial charge >= 0.3 is 0 Å². The van der Waals surface area contributed by atoms with Crippen molar-refractivity contribution in [2.75, 3.05) is 13.2 Å². The first-order valence-corrected chi connectivity index (χ1v) is 7.52. The van der Waals surface area contributed by atoms with E-state index in [1.165, 1.54) is 6.20 Å². The molecule has 0 aliphatic rings. The van der Waals surface area contributed by atoms with Gasteiger partial charge in [0.1, 0.15) is 12.3 Å². The summed E-state index contributed by atoms with van der Waals surface area (Å²) in [6.45, 7) is 0.738. The number of fused-ring (bicyclic) bond motifs is 1. The fourth-order valence-electron chi connectivity index (χ4n) is 2.09. The van der Waals surface area contributed by atoms with Crippen LogP contribution in [0.1, 0.15) is 5.69 Å². The SMILES string of the molecule is O=C(Cc1cn2ccccc2n1)NCCOc1ccc(Cl)cn1. The monoisotopic (exact) mass is 330 g/mol. The minimum absolute atomic E-state index is 0.0962. The molecule has 3 aromatic heterocycles. The summed E-state index contributed by atoms with van der Waals surface area (Å²) in [7, 11) is 0. The van der Waals surface area contributed by atoms with Crippen molar-refractivity contribution in [2.24, 2.45) is 0 Å². The van der Waals surface area contributed by atoms with Gasteiger partial charge in [-0.15, -0.1) is 0 Å². The molecule has 118 valence electrons. The van der Waals surface area contributed by atoms with E-state index in [9.17, 15) is 4.79 Å². The van der Waals surface area contributed by atoms with Gasteiger partial charge in [0.05, 0.1) is 23.7 Å². The van der Waals surface area contributed by atoms with Gasteiger partial charge in [-0.05, 0) is 18.2 Å². The summed E-state index contributed by atoms with van der Waals surface area (Å²) in [5.74, 6) is 0.380. The van der Waals surface area contributed by atoms with E-state index < -0.39 is 0 Å². The summed E-state index contributed by atoms with van der Waals surface area (Å²) < 4.78 is 7.29. The number of carbonyl (C=O) groups excluding carboxylic acids is 1. The highest BCUT2D eigenvalue weighted by Gasteiger charge is 2.07. The van der Waals surface area contributed by atoms with Crippen molar-refractivity contribution >= 4 is 23.2 Å². The third-order valence-corrected chi connectivity index (χ3v) is 3.35. The van der Waals surface area contributed by atoms with Crippen LogP contribution in [-0.2, 0) is 11.2 Å². The molecule has 0 fully saturated rings. The van der Waals surface area contributed by atoms with Crippen molar-refractivity contribution in [3.63, 3.8) is 0 Å². The van der Waals surface area contributed by atoms with Crippen LogP contribution in [0, 0.1) is 0 Å². The Morgan fingerprint density at radius 2 is 2.22 bits per heavy atom. The molecule has 0 aliphatic heterocycles. The lowest BCUT2D eigenvalue weighted by Crippen LogP contribution is -2.29. The van der Waals surface area contributed by atoms with Gasteiger partial charge in [-0.2, -0.15) is 0 Å². The number of rotatable bonds is 6. The molecule has 0 radical (unpaired) electrons. The zero-order valence-electron chi connectivity index (χ0n) is 12.3. The first kappa shape index (κ1) is 15.3. The molecule has 0 bridgehead atoms. The van der Waals surface area contributed by atoms with E-state index in [0.717, 1.165) is 11.3 Å². The van der Waals surface area contributed by atoms with E-state index >= 15 is 0 Å². The van der Waals surface area contributed by atoms with Gasteiger partial charge < -0.3 is 14.5 Å². The molecule has 1 amide bonds. The molecule has 0 saturated heterocycles. The molecular formula is C16H15ClN4O2. The number of hydrogen-bond acceptors (Lipinski definition) is 4. The summed E-state index contributed by atoms with van der Waals surface area (Å²) in [6, 6.07) is 9.11. The lowest BCUT2D eigenvalue weighted by Gasteiger charge is -2.06. The highest BCUT2D eigenvalue weighted by Crippen LogP contribution is 2.11. The van der Waals surface area contributed by atoms with Crippen molar-refractivity contribution in [1.82, 2.24) is 19.7 Å². The number of nitrogens with one attached hydrogen (secondary N) is 1. The number of halogens is 1. The zero-order valence-corrected chi connectivity index (χ0v) is 13.0. The molecule has 0 unspecified atom stereocenters. The van der Waals surface area contributed by atoms with Gasteiger partial charge in [-0.3, -0.25) is 4.79 Å². The van der Waals surface area contributed by atoms with E-state index in [0.29, 0.717) is 24.1 Å². The number of imidazole rings is 1. The first-order valence-electron chi connectivity index (χ1n) is 7.14. The quantitative estimate of drug-likeness (QED) is 0.703. The van der Waals surface area contributed by atoms with Gasteiger partial charge in [0.25, 0.3) is 0 Å². The van der Waals surface area contributed by atoms with Crippen molar-refractivity contribution in [2.45, 2.75) is 6.42 Å². The highest BCUT2D eigenvalue weighted by atomic mass is 35.5. The first-order chi connectivity index (χ1) is 11.2. The van der Waals surface area contributed by atoms with Gasteiger partial charge in [0.2, 0.25) is 11.8 Å². The van der Waals surface area contributed by atoms with Crippen molar-refractivity contribution in [3.8, 4) is 5.88 Å². The predicted octanol–water partition coefficient (Wildman–Crippen LogP) is 2.12. The van der Waals surface area contributed by atoms with Crippen molar-refractivity contribution in [1.29, 1.82) is 0 Å². The Hall–Kier alpha value is -2.60. The number of hydrogen-bond donors (Lipinski definition) is 1. The number of aromatic nitrogens is 3. The minimum atomic E-state index is -0.0962. The van der Waals surface area contributed by atoms with Crippen LogP contribution in [0.15, 0.2) is 48.9 Å². The summed E-state index contributed by atoms with van der Waals surface area (Å²) in [4.78, 5) is 20.3. The summed E-state index contributed by atoms with van der Waals surface area (Å²) in [5.41, 5.74) is 1.56. The second kappa shape index (κ2) is 7.11. The van der Waals surface area contributed by atoms with Crippen molar-refractivity contribution < 1.29 is 9.53 Å². The van der Waals surface area contributed by atoms with Gasteiger partial charge in [-0.25, -0.2) is 9.97 Å².